The molecule has 0 aliphatic heterocycles. The molecule has 18 heavy (non-hydrogen) atoms. The Hall–Kier alpha value is -0.940. The van der Waals surface area contributed by atoms with Gasteiger partial charge in [-0.2, -0.15) is 4.98 Å². The summed E-state index contributed by atoms with van der Waals surface area (Å²) < 4.78 is 11.3. The van der Waals surface area contributed by atoms with Crippen LogP contribution in [0, 0.1) is 0 Å². The summed E-state index contributed by atoms with van der Waals surface area (Å²) in [6.45, 7) is 3.33. The van der Waals surface area contributed by atoms with Gasteiger partial charge in [0.05, 0.1) is 6.54 Å². The minimum Gasteiger partial charge on any atom is -0.367 e. The lowest BCUT2D eigenvalue weighted by atomic mass is 9.93. The Kier molecular flexibility index (Phi) is 4.72. The third-order valence-corrected chi connectivity index (χ3v) is 3.54. The highest BCUT2D eigenvalue weighted by Gasteiger charge is 2.38. The molecule has 1 fully saturated rings. The van der Waals surface area contributed by atoms with Gasteiger partial charge in [-0.05, 0) is 26.8 Å². The molecule has 0 amide bonds. The number of hydrogen-bond donors (Lipinski definition) is 1. The van der Waals surface area contributed by atoms with Gasteiger partial charge in [-0.1, -0.05) is 30.8 Å². The van der Waals surface area contributed by atoms with Crippen molar-refractivity contribution in [2.45, 2.75) is 57.6 Å². The molecule has 1 aromatic rings. The maximum absolute atomic E-state index is 6.02. The number of nitrogens with zero attached hydrogens (tertiary/aromatic N) is 2. The molecule has 0 aromatic carbocycles. The molecule has 5 heteroatoms. The van der Waals surface area contributed by atoms with E-state index < -0.39 is 0 Å². The van der Waals surface area contributed by atoms with Crippen LogP contribution in [0.3, 0.4) is 0 Å². The molecular formula is C13H23N3O2. The first-order chi connectivity index (χ1) is 8.80. The summed E-state index contributed by atoms with van der Waals surface area (Å²) in [7, 11) is 1.87. The van der Waals surface area contributed by atoms with Gasteiger partial charge in [0.15, 0.2) is 0 Å². The van der Waals surface area contributed by atoms with Crippen molar-refractivity contribution in [3.05, 3.63) is 11.7 Å². The maximum atomic E-state index is 6.02. The molecule has 1 N–H and O–H groups in total. The van der Waals surface area contributed by atoms with Crippen LogP contribution < -0.4 is 5.32 Å². The van der Waals surface area contributed by atoms with Crippen molar-refractivity contribution in [2.24, 2.45) is 0 Å². The maximum Gasteiger partial charge on any atom is 0.240 e. The summed E-state index contributed by atoms with van der Waals surface area (Å²) >= 11 is 0. The fraction of sp³-hybridized carbons (Fsp3) is 0.846. The highest BCUT2D eigenvalue weighted by atomic mass is 16.5. The zero-order valence-electron chi connectivity index (χ0n) is 11.4. The summed E-state index contributed by atoms with van der Waals surface area (Å²) in [6, 6.07) is 0. The number of hydrogen-bond acceptors (Lipinski definition) is 5. The molecule has 0 radical (unpaired) electrons. The van der Waals surface area contributed by atoms with E-state index in [4.69, 9.17) is 9.26 Å². The Morgan fingerprint density at radius 2 is 2.00 bits per heavy atom. The highest BCUT2D eigenvalue weighted by Crippen LogP contribution is 2.37. The Labute approximate surface area is 108 Å². The van der Waals surface area contributed by atoms with Gasteiger partial charge in [0.1, 0.15) is 5.60 Å². The van der Waals surface area contributed by atoms with Gasteiger partial charge in [0.25, 0.3) is 0 Å². The van der Waals surface area contributed by atoms with Crippen LogP contribution in [0.25, 0.3) is 0 Å². The third kappa shape index (κ3) is 2.90. The molecule has 102 valence electrons. The average molecular weight is 253 g/mol. The monoisotopic (exact) mass is 253 g/mol. The second-order valence-electron chi connectivity index (χ2n) is 4.88. The summed E-state index contributed by atoms with van der Waals surface area (Å²) in [6.07, 6.45) is 6.90. The highest BCUT2D eigenvalue weighted by molar-refractivity contribution is 5.02. The molecule has 0 unspecified atom stereocenters. The summed E-state index contributed by atoms with van der Waals surface area (Å²) in [5.74, 6) is 1.37. The molecule has 1 aromatic heterocycles. The Bertz CT molecular complexity index is 357. The zero-order chi connectivity index (χ0) is 12.8. The van der Waals surface area contributed by atoms with Crippen molar-refractivity contribution in [3.8, 4) is 0 Å². The number of aromatic nitrogens is 2. The van der Waals surface area contributed by atoms with E-state index >= 15 is 0 Å². The first-order valence-electron chi connectivity index (χ1n) is 6.92. The minimum atomic E-state index is -0.319. The van der Waals surface area contributed by atoms with E-state index in [1.165, 1.54) is 25.7 Å². The number of rotatable bonds is 5. The third-order valence-electron chi connectivity index (χ3n) is 3.54. The van der Waals surface area contributed by atoms with E-state index in [0.29, 0.717) is 19.0 Å². The Morgan fingerprint density at radius 1 is 1.28 bits per heavy atom. The number of ether oxygens (including phenoxy) is 1. The number of nitrogens with one attached hydrogen (secondary N) is 1. The van der Waals surface area contributed by atoms with Crippen LogP contribution in [0.2, 0.25) is 0 Å². The summed E-state index contributed by atoms with van der Waals surface area (Å²) in [4.78, 5) is 4.49. The molecule has 0 saturated heterocycles. The molecule has 1 aliphatic rings. The van der Waals surface area contributed by atoms with E-state index in [1.54, 1.807) is 0 Å². The second-order valence-corrected chi connectivity index (χ2v) is 4.88. The van der Waals surface area contributed by atoms with Gasteiger partial charge in [-0.3, -0.25) is 0 Å². The van der Waals surface area contributed by atoms with Crippen molar-refractivity contribution in [2.75, 3.05) is 13.7 Å². The smallest absolute Gasteiger partial charge is 0.240 e. The van der Waals surface area contributed by atoms with Crippen molar-refractivity contribution < 1.29 is 9.26 Å². The molecule has 1 aliphatic carbocycles. The predicted octanol–water partition coefficient (Wildman–Crippen LogP) is 2.38. The van der Waals surface area contributed by atoms with Gasteiger partial charge >= 0.3 is 0 Å². The first-order valence-corrected chi connectivity index (χ1v) is 6.92. The second kappa shape index (κ2) is 6.29. The van der Waals surface area contributed by atoms with Crippen LogP contribution in [0.15, 0.2) is 4.52 Å². The van der Waals surface area contributed by atoms with Gasteiger partial charge in [0, 0.05) is 6.61 Å². The van der Waals surface area contributed by atoms with Crippen LogP contribution in [0.4, 0.5) is 0 Å². The van der Waals surface area contributed by atoms with E-state index in [0.717, 1.165) is 18.7 Å². The Morgan fingerprint density at radius 3 is 2.61 bits per heavy atom. The van der Waals surface area contributed by atoms with E-state index in [2.05, 4.69) is 15.5 Å². The van der Waals surface area contributed by atoms with Crippen molar-refractivity contribution in [3.63, 3.8) is 0 Å². The molecule has 0 bridgehead atoms. The van der Waals surface area contributed by atoms with Crippen LogP contribution in [0.1, 0.15) is 57.2 Å². The fourth-order valence-corrected chi connectivity index (χ4v) is 2.67. The van der Waals surface area contributed by atoms with Crippen molar-refractivity contribution in [1.29, 1.82) is 0 Å². The zero-order valence-corrected chi connectivity index (χ0v) is 11.4. The molecule has 1 saturated carbocycles. The SMILES string of the molecule is CCOC1(c2noc(CNC)n2)CCCCCC1. The molecule has 0 atom stereocenters. The molecule has 1 heterocycles. The molecule has 2 rings (SSSR count). The normalized spacial score (nSPS) is 19.7. The lowest BCUT2D eigenvalue weighted by molar-refractivity contribution is -0.0636. The summed E-state index contributed by atoms with van der Waals surface area (Å²) in [5.41, 5.74) is -0.319. The minimum absolute atomic E-state index is 0.319. The van der Waals surface area contributed by atoms with Gasteiger partial charge in [0.2, 0.25) is 11.7 Å². The first kappa shape index (κ1) is 13.5. The van der Waals surface area contributed by atoms with Crippen LogP contribution >= 0.6 is 0 Å². The predicted molar refractivity (Wildman–Crippen MR) is 68.1 cm³/mol. The average Bonchev–Trinajstić information content (AvgIpc) is 2.70. The Balaban J connectivity index is 2.20. The lowest BCUT2D eigenvalue weighted by Crippen LogP contribution is -2.31. The van der Waals surface area contributed by atoms with E-state index in [9.17, 15) is 0 Å². The molecule has 5 nitrogen and oxygen atoms in total. The molecular weight excluding hydrogens is 230 g/mol. The van der Waals surface area contributed by atoms with E-state index in [1.807, 2.05) is 14.0 Å². The standard InChI is InChI=1S/C13H23N3O2/c1-3-17-13(8-6-4-5-7-9-13)12-15-11(10-14-2)18-16-12/h14H,3-10H2,1-2H3. The van der Waals surface area contributed by atoms with Crippen molar-refractivity contribution >= 4 is 0 Å². The van der Waals surface area contributed by atoms with Gasteiger partial charge in [-0.25, -0.2) is 0 Å². The largest absolute Gasteiger partial charge is 0.367 e. The van der Waals surface area contributed by atoms with Gasteiger partial charge in [-0.15, -0.1) is 0 Å². The van der Waals surface area contributed by atoms with Gasteiger partial charge < -0.3 is 14.6 Å². The van der Waals surface area contributed by atoms with E-state index in [-0.39, 0.29) is 5.60 Å². The van der Waals surface area contributed by atoms with Crippen LogP contribution in [-0.2, 0) is 16.9 Å². The molecule has 0 spiro atoms. The lowest BCUT2D eigenvalue weighted by Gasteiger charge is -2.29. The topological polar surface area (TPSA) is 60.2 Å². The quantitative estimate of drug-likeness (QED) is 0.816. The van der Waals surface area contributed by atoms with Crippen LogP contribution in [-0.4, -0.2) is 23.8 Å². The summed E-state index contributed by atoms with van der Waals surface area (Å²) in [5, 5.41) is 7.16. The fourth-order valence-electron chi connectivity index (χ4n) is 2.67. The van der Waals surface area contributed by atoms with Crippen molar-refractivity contribution in [1.82, 2.24) is 15.5 Å². The van der Waals surface area contributed by atoms with Crippen LogP contribution in [0.5, 0.6) is 0 Å².